The van der Waals surface area contributed by atoms with Gasteiger partial charge in [0.25, 0.3) is 0 Å². The summed E-state index contributed by atoms with van der Waals surface area (Å²) in [6.45, 7) is 0.806. The molecular formula is C10H11ClN2OS2. The first-order valence-electron chi connectivity index (χ1n) is 4.94. The highest BCUT2D eigenvalue weighted by Gasteiger charge is 2.11. The van der Waals surface area contributed by atoms with Crippen molar-refractivity contribution in [2.75, 3.05) is 12.3 Å². The smallest absolute Gasteiger partial charge is 0.226 e. The molecule has 1 amide bonds. The lowest BCUT2D eigenvalue weighted by Crippen LogP contribution is -2.27. The second-order valence-corrected chi connectivity index (χ2v) is 5.83. The number of carbonyl (C=O) groups excluding carboxylic acids is 1. The fourth-order valence-electron chi connectivity index (χ4n) is 1.31. The number of nitrogens with zero attached hydrogens (tertiary/aromatic N) is 1. The van der Waals surface area contributed by atoms with Crippen molar-refractivity contribution < 1.29 is 4.79 Å². The molecule has 0 fully saturated rings. The summed E-state index contributed by atoms with van der Waals surface area (Å²) in [6.07, 6.45) is 1.22. The van der Waals surface area contributed by atoms with E-state index in [0.717, 1.165) is 33.8 Å². The second kappa shape index (κ2) is 5.70. The molecule has 0 aliphatic carbocycles. The quantitative estimate of drug-likeness (QED) is 0.920. The van der Waals surface area contributed by atoms with Crippen LogP contribution in [0.3, 0.4) is 0 Å². The van der Waals surface area contributed by atoms with Gasteiger partial charge in [-0.3, -0.25) is 9.79 Å². The third-order valence-electron chi connectivity index (χ3n) is 2.05. The number of amides is 1. The van der Waals surface area contributed by atoms with Crippen LogP contribution in [0.2, 0.25) is 5.02 Å². The number of amidine groups is 1. The predicted octanol–water partition coefficient (Wildman–Crippen LogP) is 2.55. The highest BCUT2D eigenvalue weighted by atomic mass is 35.5. The number of nitrogens with one attached hydrogen (secondary N) is 1. The van der Waals surface area contributed by atoms with Crippen LogP contribution in [0.5, 0.6) is 0 Å². The van der Waals surface area contributed by atoms with Crippen LogP contribution in [0, 0.1) is 0 Å². The SMILES string of the molecule is O=C(CCc1cc(Cl)cs1)NC1=NCCS1. The molecule has 0 aromatic carbocycles. The minimum Gasteiger partial charge on any atom is -0.305 e. The lowest BCUT2D eigenvalue weighted by Gasteiger charge is -2.02. The van der Waals surface area contributed by atoms with Crippen LogP contribution < -0.4 is 5.32 Å². The number of hydrogen-bond acceptors (Lipinski definition) is 4. The Labute approximate surface area is 107 Å². The van der Waals surface area contributed by atoms with Crippen molar-refractivity contribution in [3.05, 3.63) is 21.3 Å². The summed E-state index contributed by atoms with van der Waals surface area (Å²) in [6, 6.07) is 1.90. The molecule has 0 saturated heterocycles. The molecule has 1 aromatic heterocycles. The first kappa shape index (κ1) is 12.0. The second-order valence-electron chi connectivity index (χ2n) is 3.31. The summed E-state index contributed by atoms with van der Waals surface area (Å²) in [7, 11) is 0. The molecule has 2 heterocycles. The van der Waals surface area contributed by atoms with E-state index in [-0.39, 0.29) is 5.91 Å². The van der Waals surface area contributed by atoms with Gasteiger partial charge in [-0.2, -0.15) is 0 Å². The van der Waals surface area contributed by atoms with E-state index in [9.17, 15) is 4.79 Å². The van der Waals surface area contributed by atoms with E-state index in [2.05, 4.69) is 10.3 Å². The van der Waals surface area contributed by atoms with E-state index in [1.54, 1.807) is 23.1 Å². The molecule has 0 unspecified atom stereocenters. The van der Waals surface area contributed by atoms with Gasteiger partial charge in [0.05, 0.1) is 11.6 Å². The van der Waals surface area contributed by atoms with Crippen LogP contribution in [0.25, 0.3) is 0 Å². The normalized spacial score (nSPS) is 14.9. The monoisotopic (exact) mass is 274 g/mol. The lowest BCUT2D eigenvalue weighted by molar-refractivity contribution is -0.119. The predicted molar refractivity (Wildman–Crippen MR) is 70.6 cm³/mol. The van der Waals surface area contributed by atoms with Crippen molar-refractivity contribution in [1.82, 2.24) is 5.32 Å². The highest BCUT2D eigenvalue weighted by Crippen LogP contribution is 2.20. The molecule has 1 aliphatic heterocycles. The van der Waals surface area contributed by atoms with Gasteiger partial charge < -0.3 is 5.32 Å². The van der Waals surface area contributed by atoms with E-state index < -0.39 is 0 Å². The van der Waals surface area contributed by atoms with Gasteiger partial charge in [-0.1, -0.05) is 23.4 Å². The van der Waals surface area contributed by atoms with Crippen LogP contribution in [0.4, 0.5) is 0 Å². The van der Waals surface area contributed by atoms with E-state index >= 15 is 0 Å². The molecule has 1 aliphatic rings. The topological polar surface area (TPSA) is 41.5 Å². The van der Waals surface area contributed by atoms with Gasteiger partial charge in [0.2, 0.25) is 5.91 Å². The zero-order valence-electron chi connectivity index (χ0n) is 8.53. The summed E-state index contributed by atoms with van der Waals surface area (Å²) in [4.78, 5) is 16.8. The Morgan fingerprint density at radius 1 is 1.62 bits per heavy atom. The van der Waals surface area contributed by atoms with Crippen LogP contribution in [-0.4, -0.2) is 23.4 Å². The van der Waals surface area contributed by atoms with Crippen molar-refractivity contribution in [3.8, 4) is 0 Å². The maximum Gasteiger partial charge on any atom is 0.226 e. The van der Waals surface area contributed by atoms with Gasteiger partial charge in [0.1, 0.15) is 0 Å². The minimum atomic E-state index is 0.0256. The Bertz CT molecular complexity index is 417. The van der Waals surface area contributed by atoms with Gasteiger partial charge in [-0.25, -0.2) is 0 Å². The molecule has 2 rings (SSSR count). The van der Waals surface area contributed by atoms with Crippen LogP contribution >= 0.6 is 34.7 Å². The molecular weight excluding hydrogens is 264 g/mol. The van der Waals surface area contributed by atoms with Gasteiger partial charge in [0, 0.05) is 22.4 Å². The molecule has 0 saturated carbocycles. The van der Waals surface area contributed by atoms with Gasteiger partial charge in [-0.05, 0) is 12.5 Å². The van der Waals surface area contributed by atoms with Crippen LogP contribution in [-0.2, 0) is 11.2 Å². The molecule has 1 aromatic rings. The molecule has 6 heteroatoms. The summed E-state index contributed by atoms with van der Waals surface area (Å²) in [5.74, 6) is 0.994. The number of halogens is 1. The Hall–Kier alpha value is -0.520. The number of rotatable bonds is 3. The van der Waals surface area contributed by atoms with E-state index in [1.165, 1.54) is 0 Å². The summed E-state index contributed by atoms with van der Waals surface area (Å²) in [5, 5.41) is 6.19. The fraction of sp³-hybridized carbons (Fsp3) is 0.400. The Kier molecular flexibility index (Phi) is 4.26. The van der Waals surface area contributed by atoms with Crippen molar-refractivity contribution in [2.24, 2.45) is 4.99 Å². The molecule has 0 atom stereocenters. The molecule has 3 nitrogen and oxygen atoms in total. The first-order valence-corrected chi connectivity index (χ1v) is 7.18. The van der Waals surface area contributed by atoms with Gasteiger partial charge in [-0.15, -0.1) is 11.3 Å². The lowest BCUT2D eigenvalue weighted by atomic mass is 10.2. The summed E-state index contributed by atoms with van der Waals surface area (Å²) in [5.41, 5.74) is 0. The van der Waals surface area contributed by atoms with E-state index in [4.69, 9.17) is 11.6 Å². The zero-order valence-corrected chi connectivity index (χ0v) is 10.9. The number of aryl methyl sites for hydroxylation is 1. The molecule has 1 N–H and O–H groups in total. The largest absolute Gasteiger partial charge is 0.305 e. The number of carbonyl (C=O) groups is 1. The highest BCUT2D eigenvalue weighted by molar-refractivity contribution is 8.14. The first-order chi connectivity index (χ1) is 7.74. The third kappa shape index (κ3) is 3.50. The fourth-order valence-corrected chi connectivity index (χ4v) is 3.14. The molecule has 86 valence electrons. The maximum absolute atomic E-state index is 11.5. The molecule has 0 radical (unpaired) electrons. The van der Waals surface area contributed by atoms with Crippen molar-refractivity contribution in [3.63, 3.8) is 0 Å². The summed E-state index contributed by atoms with van der Waals surface area (Å²) >= 11 is 8.98. The average molecular weight is 275 g/mol. The van der Waals surface area contributed by atoms with Crippen LogP contribution in [0.1, 0.15) is 11.3 Å². The van der Waals surface area contributed by atoms with Gasteiger partial charge >= 0.3 is 0 Å². The third-order valence-corrected chi connectivity index (χ3v) is 4.29. The zero-order chi connectivity index (χ0) is 11.4. The number of thioether (sulfide) groups is 1. The number of aliphatic imine (C=N–C) groups is 1. The Morgan fingerprint density at radius 3 is 3.12 bits per heavy atom. The maximum atomic E-state index is 11.5. The number of hydrogen-bond donors (Lipinski definition) is 1. The minimum absolute atomic E-state index is 0.0256. The molecule has 0 bridgehead atoms. The summed E-state index contributed by atoms with van der Waals surface area (Å²) < 4.78 is 0. The van der Waals surface area contributed by atoms with Crippen molar-refractivity contribution in [2.45, 2.75) is 12.8 Å². The number of thiophene rings is 1. The van der Waals surface area contributed by atoms with E-state index in [0.29, 0.717) is 6.42 Å². The molecule has 16 heavy (non-hydrogen) atoms. The standard InChI is InChI=1S/C10H11ClN2OS2/c11-7-5-8(16-6-7)1-2-9(14)13-10-12-3-4-15-10/h5-6H,1-4H2,(H,12,13,14). The van der Waals surface area contributed by atoms with Gasteiger partial charge in [0.15, 0.2) is 5.17 Å². The van der Waals surface area contributed by atoms with Crippen molar-refractivity contribution in [1.29, 1.82) is 0 Å². The van der Waals surface area contributed by atoms with Crippen LogP contribution in [0.15, 0.2) is 16.4 Å². The average Bonchev–Trinajstić information content (AvgIpc) is 2.87. The Balaban J connectivity index is 1.75. The van der Waals surface area contributed by atoms with E-state index in [1.807, 2.05) is 11.4 Å². The van der Waals surface area contributed by atoms with Crippen molar-refractivity contribution >= 4 is 45.8 Å². The Morgan fingerprint density at radius 2 is 2.50 bits per heavy atom. The molecule has 0 spiro atoms.